The highest BCUT2D eigenvalue weighted by Crippen LogP contribution is 2.08. The number of unbranched alkanes of at least 4 members (excludes halogenated alkanes) is 5. The fraction of sp³-hybridized carbons (Fsp3) is 0.688. The van der Waals surface area contributed by atoms with Gasteiger partial charge in [0.1, 0.15) is 0 Å². The first-order valence-electron chi connectivity index (χ1n) is 7.19. The Kier molecular flexibility index (Phi) is 13.2. The third-order valence-corrected chi connectivity index (χ3v) is 2.77. The van der Waals surface area contributed by atoms with Gasteiger partial charge in [-0.15, -0.1) is 0 Å². The second kappa shape index (κ2) is 14.0. The molecular formula is C16H28O2. The Labute approximate surface area is 112 Å². The van der Waals surface area contributed by atoms with E-state index in [1.54, 1.807) is 0 Å². The standard InChI is InChI=1S/C16H28O2/c1-3-5-7-8-9-10-11-12-14-16(17)18-15-13-6-4-2/h3-6H,7-15H2,1-2H3/b5-3+,6-4+. The lowest BCUT2D eigenvalue weighted by Gasteiger charge is -2.03. The molecule has 2 heteroatoms. The molecule has 0 saturated heterocycles. The van der Waals surface area contributed by atoms with Crippen LogP contribution in [0.25, 0.3) is 0 Å². The van der Waals surface area contributed by atoms with Gasteiger partial charge in [0.05, 0.1) is 6.61 Å². The second-order valence-corrected chi connectivity index (χ2v) is 4.45. The minimum absolute atomic E-state index is 0.0478. The Morgan fingerprint density at radius 3 is 2.22 bits per heavy atom. The van der Waals surface area contributed by atoms with Gasteiger partial charge in [-0.1, -0.05) is 43.6 Å². The highest BCUT2D eigenvalue weighted by molar-refractivity contribution is 5.69. The highest BCUT2D eigenvalue weighted by atomic mass is 16.5. The van der Waals surface area contributed by atoms with Crippen LogP contribution in [0.2, 0.25) is 0 Å². The normalized spacial score (nSPS) is 11.4. The topological polar surface area (TPSA) is 26.3 Å². The summed E-state index contributed by atoms with van der Waals surface area (Å²) in [6, 6.07) is 0. The van der Waals surface area contributed by atoms with Crippen molar-refractivity contribution in [2.75, 3.05) is 6.61 Å². The molecule has 0 amide bonds. The summed E-state index contributed by atoms with van der Waals surface area (Å²) in [6.07, 6.45) is 16.7. The van der Waals surface area contributed by atoms with Crippen LogP contribution in [-0.2, 0) is 9.53 Å². The number of ether oxygens (including phenoxy) is 1. The average molecular weight is 252 g/mol. The van der Waals surface area contributed by atoms with Gasteiger partial charge in [-0.25, -0.2) is 0 Å². The maximum atomic E-state index is 11.3. The van der Waals surface area contributed by atoms with Gasteiger partial charge in [0, 0.05) is 6.42 Å². The molecule has 0 spiro atoms. The van der Waals surface area contributed by atoms with Gasteiger partial charge in [-0.2, -0.15) is 0 Å². The number of allylic oxidation sites excluding steroid dienone is 3. The first-order valence-corrected chi connectivity index (χ1v) is 7.19. The lowest BCUT2D eigenvalue weighted by atomic mass is 10.1. The zero-order valence-corrected chi connectivity index (χ0v) is 12.0. The van der Waals surface area contributed by atoms with Crippen LogP contribution in [0.3, 0.4) is 0 Å². The molecule has 0 aromatic rings. The van der Waals surface area contributed by atoms with Gasteiger partial charge in [-0.3, -0.25) is 4.79 Å². The summed E-state index contributed by atoms with van der Waals surface area (Å²) in [6.45, 7) is 4.55. The number of carbonyl (C=O) groups is 1. The van der Waals surface area contributed by atoms with E-state index in [4.69, 9.17) is 4.74 Å². The van der Waals surface area contributed by atoms with Crippen molar-refractivity contribution in [1.82, 2.24) is 0 Å². The van der Waals surface area contributed by atoms with Crippen molar-refractivity contribution in [3.8, 4) is 0 Å². The molecule has 0 atom stereocenters. The van der Waals surface area contributed by atoms with Crippen molar-refractivity contribution in [3.05, 3.63) is 24.3 Å². The van der Waals surface area contributed by atoms with Crippen molar-refractivity contribution >= 4 is 5.97 Å². The second-order valence-electron chi connectivity index (χ2n) is 4.45. The Bertz CT molecular complexity index is 241. The molecule has 0 heterocycles. The zero-order chi connectivity index (χ0) is 13.5. The van der Waals surface area contributed by atoms with E-state index in [0.717, 1.165) is 19.3 Å². The van der Waals surface area contributed by atoms with E-state index in [2.05, 4.69) is 19.1 Å². The molecule has 0 aliphatic rings. The van der Waals surface area contributed by atoms with Crippen LogP contribution in [-0.4, -0.2) is 12.6 Å². The molecule has 104 valence electrons. The van der Waals surface area contributed by atoms with Gasteiger partial charge >= 0.3 is 5.97 Å². The van der Waals surface area contributed by atoms with E-state index in [0.29, 0.717) is 13.0 Å². The van der Waals surface area contributed by atoms with E-state index < -0.39 is 0 Å². The lowest BCUT2D eigenvalue weighted by molar-refractivity contribution is -0.143. The molecule has 0 aromatic carbocycles. The summed E-state index contributed by atoms with van der Waals surface area (Å²) < 4.78 is 5.10. The fourth-order valence-electron chi connectivity index (χ4n) is 1.71. The van der Waals surface area contributed by atoms with Crippen molar-refractivity contribution in [2.24, 2.45) is 0 Å². The Hall–Kier alpha value is -1.05. The maximum Gasteiger partial charge on any atom is 0.305 e. The molecule has 0 aromatic heterocycles. The molecule has 0 aliphatic carbocycles. The van der Waals surface area contributed by atoms with Crippen LogP contribution in [0, 0.1) is 0 Å². The van der Waals surface area contributed by atoms with E-state index in [1.807, 2.05) is 19.1 Å². The third-order valence-electron chi connectivity index (χ3n) is 2.77. The SMILES string of the molecule is C/C=C/CCCCCCCC(=O)OCC/C=C/C. The van der Waals surface area contributed by atoms with Crippen LogP contribution >= 0.6 is 0 Å². The van der Waals surface area contributed by atoms with E-state index in [-0.39, 0.29) is 5.97 Å². The third kappa shape index (κ3) is 13.0. The molecule has 0 radical (unpaired) electrons. The molecule has 0 aliphatic heterocycles. The van der Waals surface area contributed by atoms with Crippen LogP contribution in [0.15, 0.2) is 24.3 Å². The van der Waals surface area contributed by atoms with Crippen LogP contribution in [0.5, 0.6) is 0 Å². The molecule has 0 saturated carbocycles. The largest absolute Gasteiger partial charge is 0.465 e. The number of hydrogen-bond acceptors (Lipinski definition) is 2. The van der Waals surface area contributed by atoms with Crippen molar-refractivity contribution < 1.29 is 9.53 Å². The molecule has 18 heavy (non-hydrogen) atoms. The summed E-state index contributed by atoms with van der Waals surface area (Å²) >= 11 is 0. The van der Waals surface area contributed by atoms with Crippen LogP contribution in [0.1, 0.15) is 65.2 Å². The summed E-state index contributed by atoms with van der Waals surface area (Å²) in [7, 11) is 0. The predicted molar refractivity (Wildman–Crippen MR) is 77.5 cm³/mol. The van der Waals surface area contributed by atoms with Crippen LogP contribution in [0.4, 0.5) is 0 Å². The van der Waals surface area contributed by atoms with Crippen molar-refractivity contribution in [2.45, 2.75) is 65.2 Å². The average Bonchev–Trinajstić information content (AvgIpc) is 2.38. The van der Waals surface area contributed by atoms with E-state index in [1.165, 1.54) is 25.7 Å². The number of hydrogen-bond donors (Lipinski definition) is 0. The van der Waals surface area contributed by atoms with E-state index in [9.17, 15) is 4.79 Å². The highest BCUT2D eigenvalue weighted by Gasteiger charge is 2.01. The smallest absolute Gasteiger partial charge is 0.305 e. The van der Waals surface area contributed by atoms with Crippen LogP contribution < -0.4 is 0 Å². The molecule has 0 unspecified atom stereocenters. The number of esters is 1. The summed E-state index contributed by atoms with van der Waals surface area (Å²) in [5, 5.41) is 0. The monoisotopic (exact) mass is 252 g/mol. The quantitative estimate of drug-likeness (QED) is 0.300. The van der Waals surface area contributed by atoms with Gasteiger partial charge < -0.3 is 4.74 Å². The van der Waals surface area contributed by atoms with Gasteiger partial charge in [0.25, 0.3) is 0 Å². The Morgan fingerprint density at radius 1 is 0.889 bits per heavy atom. The van der Waals surface area contributed by atoms with Crippen molar-refractivity contribution in [3.63, 3.8) is 0 Å². The predicted octanol–water partition coefficient (Wildman–Crippen LogP) is 4.80. The minimum atomic E-state index is -0.0478. The minimum Gasteiger partial charge on any atom is -0.465 e. The zero-order valence-electron chi connectivity index (χ0n) is 12.0. The van der Waals surface area contributed by atoms with Crippen molar-refractivity contribution in [1.29, 1.82) is 0 Å². The van der Waals surface area contributed by atoms with E-state index >= 15 is 0 Å². The molecule has 0 fully saturated rings. The molecule has 0 bridgehead atoms. The summed E-state index contributed by atoms with van der Waals surface area (Å²) in [5.74, 6) is -0.0478. The lowest BCUT2D eigenvalue weighted by Crippen LogP contribution is -2.04. The Balaban J connectivity index is 3.20. The first kappa shape index (κ1) is 16.9. The molecule has 0 N–H and O–H groups in total. The molecule has 0 rings (SSSR count). The molecule has 2 nitrogen and oxygen atoms in total. The number of carbonyl (C=O) groups excluding carboxylic acids is 1. The number of rotatable bonds is 11. The van der Waals surface area contributed by atoms with Gasteiger partial charge in [0.2, 0.25) is 0 Å². The summed E-state index contributed by atoms with van der Waals surface area (Å²) in [4.78, 5) is 11.3. The molecular weight excluding hydrogens is 224 g/mol. The van der Waals surface area contributed by atoms with Gasteiger partial charge in [-0.05, 0) is 39.5 Å². The Morgan fingerprint density at radius 2 is 1.50 bits per heavy atom. The fourth-order valence-corrected chi connectivity index (χ4v) is 1.71. The first-order chi connectivity index (χ1) is 8.81. The van der Waals surface area contributed by atoms with Gasteiger partial charge in [0.15, 0.2) is 0 Å². The maximum absolute atomic E-state index is 11.3. The summed E-state index contributed by atoms with van der Waals surface area (Å²) in [5.41, 5.74) is 0.